The smallest absolute Gasteiger partial charge is 0.326 e. The molecule has 0 radical (unpaired) electrons. The molecule has 1 heterocycles. The molecule has 0 aliphatic rings. The molecule has 0 saturated heterocycles. The van der Waals surface area contributed by atoms with E-state index in [4.69, 9.17) is 5.11 Å². The number of thiophene rings is 1. The van der Waals surface area contributed by atoms with Crippen LogP contribution in [0.15, 0.2) is 17.5 Å². The third kappa shape index (κ3) is 4.85. The highest BCUT2D eigenvalue weighted by Crippen LogP contribution is 2.14. The molecule has 5 nitrogen and oxygen atoms in total. The van der Waals surface area contributed by atoms with Crippen LogP contribution in [0.3, 0.4) is 0 Å². The Hall–Kier alpha value is -1.56. The normalized spacial score (nSPS) is 12.2. The van der Waals surface area contributed by atoms with Gasteiger partial charge in [-0.25, -0.2) is 9.59 Å². The van der Waals surface area contributed by atoms with Crippen molar-refractivity contribution in [1.29, 1.82) is 0 Å². The van der Waals surface area contributed by atoms with Crippen molar-refractivity contribution in [2.45, 2.75) is 52.2 Å². The first kappa shape index (κ1) is 16.5. The lowest BCUT2D eigenvalue weighted by atomic mass is 10.2. The average molecular weight is 298 g/mol. The third-order valence-corrected chi connectivity index (χ3v) is 3.82. The van der Waals surface area contributed by atoms with Crippen LogP contribution < -0.4 is 5.32 Å². The number of aliphatic carboxylic acids is 1. The third-order valence-electron chi connectivity index (χ3n) is 2.96. The van der Waals surface area contributed by atoms with Gasteiger partial charge in [0.05, 0.1) is 6.54 Å². The number of carboxylic acid groups (broad SMARTS) is 1. The molecule has 1 aromatic rings. The summed E-state index contributed by atoms with van der Waals surface area (Å²) in [4.78, 5) is 26.1. The van der Waals surface area contributed by atoms with E-state index >= 15 is 0 Å². The maximum Gasteiger partial charge on any atom is 0.326 e. The number of nitrogens with one attached hydrogen (secondary N) is 1. The van der Waals surface area contributed by atoms with Gasteiger partial charge in [-0.1, -0.05) is 19.4 Å². The van der Waals surface area contributed by atoms with Crippen molar-refractivity contribution < 1.29 is 14.7 Å². The summed E-state index contributed by atoms with van der Waals surface area (Å²) >= 11 is 1.58. The molecule has 0 fully saturated rings. The van der Waals surface area contributed by atoms with E-state index in [1.807, 2.05) is 38.3 Å². The van der Waals surface area contributed by atoms with Crippen LogP contribution in [0.2, 0.25) is 0 Å². The fourth-order valence-electron chi connectivity index (χ4n) is 1.84. The maximum absolute atomic E-state index is 12.3. The second-order valence-electron chi connectivity index (χ2n) is 4.93. The van der Waals surface area contributed by atoms with Crippen molar-refractivity contribution in [2.24, 2.45) is 0 Å². The van der Waals surface area contributed by atoms with Gasteiger partial charge in [0.15, 0.2) is 0 Å². The van der Waals surface area contributed by atoms with Crippen molar-refractivity contribution >= 4 is 23.3 Å². The van der Waals surface area contributed by atoms with Gasteiger partial charge in [-0.3, -0.25) is 0 Å². The number of amides is 2. The van der Waals surface area contributed by atoms with Gasteiger partial charge < -0.3 is 15.3 Å². The van der Waals surface area contributed by atoms with Crippen LogP contribution in [0.1, 0.15) is 38.5 Å². The Morgan fingerprint density at radius 2 is 2.15 bits per heavy atom. The van der Waals surface area contributed by atoms with Gasteiger partial charge in [-0.05, 0) is 31.7 Å². The fourth-order valence-corrected chi connectivity index (χ4v) is 2.54. The zero-order valence-corrected chi connectivity index (χ0v) is 12.9. The lowest BCUT2D eigenvalue weighted by Crippen LogP contribution is -2.49. The van der Waals surface area contributed by atoms with Gasteiger partial charge >= 0.3 is 12.0 Å². The summed E-state index contributed by atoms with van der Waals surface area (Å²) in [7, 11) is 0. The number of rotatable bonds is 7. The molecule has 0 bridgehead atoms. The van der Waals surface area contributed by atoms with E-state index in [9.17, 15) is 9.59 Å². The molecule has 1 rings (SSSR count). The molecule has 0 saturated carbocycles. The number of hydrogen-bond donors (Lipinski definition) is 2. The largest absolute Gasteiger partial charge is 0.480 e. The lowest BCUT2D eigenvalue weighted by Gasteiger charge is -2.28. The van der Waals surface area contributed by atoms with E-state index in [1.165, 1.54) is 0 Å². The quantitative estimate of drug-likeness (QED) is 0.813. The SMILES string of the molecule is CCC[C@H](NC(=O)N(Cc1cccs1)C(C)C)C(=O)O. The molecular formula is C14H22N2O3S. The number of carboxylic acids is 1. The summed E-state index contributed by atoms with van der Waals surface area (Å²) in [6.07, 6.45) is 1.15. The van der Waals surface area contributed by atoms with Gasteiger partial charge in [0, 0.05) is 10.9 Å². The van der Waals surface area contributed by atoms with Crippen molar-refractivity contribution in [3.8, 4) is 0 Å². The number of nitrogens with zero attached hydrogens (tertiary/aromatic N) is 1. The molecule has 0 aliphatic heterocycles. The molecule has 0 aromatic carbocycles. The molecule has 1 atom stereocenters. The van der Waals surface area contributed by atoms with E-state index in [1.54, 1.807) is 16.2 Å². The van der Waals surface area contributed by atoms with Crippen molar-refractivity contribution in [3.63, 3.8) is 0 Å². The van der Waals surface area contributed by atoms with Crippen LogP contribution in [0.4, 0.5) is 4.79 Å². The Morgan fingerprint density at radius 1 is 1.45 bits per heavy atom. The molecule has 0 unspecified atom stereocenters. The van der Waals surface area contributed by atoms with Crippen LogP contribution in [0, 0.1) is 0 Å². The van der Waals surface area contributed by atoms with Gasteiger partial charge in [0.25, 0.3) is 0 Å². The Kier molecular flexibility index (Phi) is 6.51. The van der Waals surface area contributed by atoms with Gasteiger partial charge in [-0.2, -0.15) is 0 Å². The highest BCUT2D eigenvalue weighted by Gasteiger charge is 2.24. The van der Waals surface area contributed by atoms with Crippen molar-refractivity contribution in [2.75, 3.05) is 0 Å². The number of carbonyl (C=O) groups excluding carboxylic acids is 1. The van der Waals surface area contributed by atoms with Crippen LogP contribution in [0.5, 0.6) is 0 Å². The van der Waals surface area contributed by atoms with Crippen LogP contribution in [0.25, 0.3) is 0 Å². The Balaban J connectivity index is 2.70. The molecule has 20 heavy (non-hydrogen) atoms. The summed E-state index contributed by atoms with van der Waals surface area (Å²) in [5.74, 6) is -0.986. The Labute approximate surface area is 123 Å². The summed E-state index contributed by atoms with van der Waals surface area (Å²) in [5.41, 5.74) is 0. The molecule has 6 heteroatoms. The van der Waals surface area contributed by atoms with E-state index < -0.39 is 12.0 Å². The second kappa shape index (κ2) is 7.89. The molecule has 0 spiro atoms. The Morgan fingerprint density at radius 3 is 2.60 bits per heavy atom. The monoisotopic (exact) mass is 298 g/mol. The number of carbonyl (C=O) groups is 2. The minimum absolute atomic E-state index is 0.00757. The summed E-state index contributed by atoms with van der Waals surface area (Å²) in [6, 6.07) is 2.77. The maximum atomic E-state index is 12.3. The standard InChI is InChI=1S/C14H22N2O3S/c1-4-6-12(13(17)18)15-14(19)16(10(2)3)9-11-7-5-8-20-11/h5,7-8,10,12H,4,6,9H2,1-3H3,(H,15,19)(H,17,18)/t12-/m0/s1. The molecular weight excluding hydrogens is 276 g/mol. The van der Waals surface area contributed by atoms with Crippen LogP contribution in [-0.4, -0.2) is 34.1 Å². The van der Waals surface area contributed by atoms with E-state index in [0.29, 0.717) is 19.4 Å². The molecule has 2 N–H and O–H groups in total. The first-order valence-electron chi connectivity index (χ1n) is 6.78. The van der Waals surface area contributed by atoms with Gasteiger partial charge in [0.1, 0.15) is 6.04 Å². The first-order valence-corrected chi connectivity index (χ1v) is 7.66. The topological polar surface area (TPSA) is 69.6 Å². The van der Waals surface area contributed by atoms with E-state index in [0.717, 1.165) is 4.88 Å². The van der Waals surface area contributed by atoms with E-state index in [-0.39, 0.29) is 12.1 Å². The van der Waals surface area contributed by atoms with Crippen LogP contribution >= 0.6 is 11.3 Å². The zero-order valence-electron chi connectivity index (χ0n) is 12.1. The average Bonchev–Trinajstić information content (AvgIpc) is 2.87. The highest BCUT2D eigenvalue weighted by atomic mass is 32.1. The lowest BCUT2D eigenvalue weighted by molar-refractivity contribution is -0.139. The number of hydrogen-bond acceptors (Lipinski definition) is 3. The van der Waals surface area contributed by atoms with Gasteiger partial charge in [-0.15, -0.1) is 11.3 Å². The van der Waals surface area contributed by atoms with Gasteiger partial charge in [0.2, 0.25) is 0 Å². The zero-order chi connectivity index (χ0) is 15.1. The van der Waals surface area contributed by atoms with Crippen LogP contribution in [-0.2, 0) is 11.3 Å². The fraction of sp³-hybridized carbons (Fsp3) is 0.571. The minimum Gasteiger partial charge on any atom is -0.480 e. The molecule has 2 amide bonds. The predicted molar refractivity (Wildman–Crippen MR) is 79.9 cm³/mol. The van der Waals surface area contributed by atoms with E-state index in [2.05, 4.69) is 5.32 Å². The summed E-state index contributed by atoms with van der Waals surface area (Å²) < 4.78 is 0. The minimum atomic E-state index is -0.986. The Bertz CT molecular complexity index is 432. The molecule has 0 aliphatic carbocycles. The van der Waals surface area contributed by atoms with Crippen molar-refractivity contribution in [3.05, 3.63) is 22.4 Å². The highest BCUT2D eigenvalue weighted by molar-refractivity contribution is 7.09. The summed E-state index contributed by atoms with van der Waals surface area (Å²) in [5, 5.41) is 13.7. The van der Waals surface area contributed by atoms with Crippen molar-refractivity contribution in [1.82, 2.24) is 10.2 Å². The number of urea groups is 1. The molecule has 1 aromatic heterocycles. The predicted octanol–water partition coefficient (Wildman–Crippen LogP) is 2.92. The summed E-state index contributed by atoms with van der Waals surface area (Å²) in [6.45, 7) is 6.24. The molecule has 112 valence electrons. The first-order chi connectivity index (χ1) is 9.45. The second-order valence-corrected chi connectivity index (χ2v) is 5.96.